The summed E-state index contributed by atoms with van der Waals surface area (Å²) >= 11 is 3.54. The molecule has 0 saturated heterocycles. The number of aromatic nitrogens is 2. The molecule has 3 rings (SSSR count). The number of halogens is 1. The first-order chi connectivity index (χ1) is 11.0. The zero-order chi connectivity index (χ0) is 16.4. The topological polar surface area (TPSA) is 49.8 Å². The van der Waals surface area contributed by atoms with E-state index in [0.29, 0.717) is 12.0 Å². The van der Waals surface area contributed by atoms with Gasteiger partial charge in [-0.2, -0.15) is 4.98 Å². The van der Waals surface area contributed by atoms with Crippen molar-refractivity contribution < 1.29 is 0 Å². The molecule has 1 aromatic carbocycles. The van der Waals surface area contributed by atoms with E-state index in [1.807, 2.05) is 0 Å². The van der Waals surface area contributed by atoms with Gasteiger partial charge in [-0.15, -0.1) is 0 Å². The number of aryl methyl sites for hydroxylation is 1. The van der Waals surface area contributed by atoms with Crippen molar-refractivity contribution in [3.05, 3.63) is 40.0 Å². The first-order valence-electron chi connectivity index (χ1n) is 8.24. The number of anilines is 3. The Balaban J connectivity index is 1.86. The van der Waals surface area contributed by atoms with Crippen molar-refractivity contribution in [2.45, 2.75) is 52.0 Å². The van der Waals surface area contributed by atoms with Crippen LogP contribution in [0.4, 0.5) is 17.5 Å². The van der Waals surface area contributed by atoms with E-state index in [0.717, 1.165) is 34.0 Å². The summed E-state index contributed by atoms with van der Waals surface area (Å²) in [6.45, 7) is 6.39. The van der Waals surface area contributed by atoms with Crippen molar-refractivity contribution in [1.29, 1.82) is 0 Å². The third kappa shape index (κ3) is 4.22. The Hall–Kier alpha value is -1.62. The molecule has 122 valence electrons. The summed E-state index contributed by atoms with van der Waals surface area (Å²) < 4.78 is 1.11. The van der Waals surface area contributed by atoms with Gasteiger partial charge in [0.1, 0.15) is 5.82 Å². The molecule has 5 heteroatoms. The van der Waals surface area contributed by atoms with E-state index in [9.17, 15) is 0 Å². The smallest absolute Gasteiger partial charge is 0.225 e. The highest BCUT2D eigenvalue weighted by Gasteiger charge is 2.26. The summed E-state index contributed by atoms with van der Waals surface area (Å²) in [4.78, 5) is 9.32. The first kappa shape index (κ1) is 16.2. The lowest BCUT2D eigenvalue weighted by molar-refractivity contribution is 0.750. The molecule has 1 aliphatic rings. The molecule has 1 heterocycles. The molecule has 2 N–H and O–H groups in total. The highest BCUT2D eigenvalue weighted by atomic mass is 79.9. The van der Waals surface area contributed by atoms with E-state index >= 15 is 0 Å². The van der Waals surface area contributed by atoms with Crippen LogP contribution in [0.3, 0.4) is 0 Å². The van der Waals surface area contributed by atoms with Crippen LogP contribution in [-0.2, 0) is 0 Å². The lowest BCUT2D eigenvalue weighted by Gasteiger charge is -2.14. The van der Waals surface area contributed by atoms with E-state index in [2.05, 4.69) is 81.6 Å². The molecule has 23 heavy (non-hydrogen) atoms. The van der Waals surface area contributed by atoms with Gasteiger partial charge in [0.2, 0.25) is 5.95 Å². The van der Waals surface area contributed by atoms with Gasteiger partial charge in [0.05, 0.1) is 5.69 Å². The molecule has 4 nitrogen and oxygen atoms in total. The molecule has 2 aromatic rings. The van der Waals surface area contributed by atoms with Crippen LogP contribution in [-0.4, -0.2) is 16.0 Å². The SMILES string of the molecule is CC[C@H](C)Nc1nc(Nc2ccc(Br)c(C)c2)cc(C2CC2)n1. The molecule has 0 radical (unpaired) electrons. The standard InChI is InChI=1S/C18H23BrN4/c1-4-12(3)20-18-22-16(13-5-6-13)10-17(23-18)21-14-7-8-15(19)11(2)9-14/h7-10,12-13H,4-6H2,1-3H3,(H2,20,21,22,23)/t12-/m0/s1. The molecule has 1 atom stereocenters. The number of benzene rings is 1. The molecule has 1 saturated carbocycles. The quantitative estimate of drug-likeness (QED) is 0.712. The highest BCUT2D eigenvalue weighted by Crippen LogP contribution is 2.40. The number of nitrogens with one attached hydrogen (secondary N) is 2. The second-order valence-electron chi connectivity index (χ2n) is 6.32. The van der Waals surface area contributed by atoms with Crippen LogP contribution in [0.15, 0.2) is 28.7 Å². The minimum atomic E-state index is 0.368. The van der Waals surface area contributed by atoms with Crippen LogP contribution in [0.2, 0.25) is 0 Å². The van der Waals surface area contributed by atoms with Gasteiger partial charge in [-0.25, -0.2) is 4.98 Å². The van der Waals surface area contributed by atoms with Crippen LogP contribution in [0.5, 0.6) is 0 Å². The van der Waals surface area contributed by atoms with Gasteiger partial charge >= 0.3 is 0 Å². The molecule has 1 aromatic heterocycles. The van der Waals surface area contributed by atoms with Crippen LogP contribution >= 0.6 is 15.9 Å². The molecule has 0 bridgehead atoms. The summed E-state index contributed by atoms with van der Waals surface area (Å²) in [6.07, 6.45) is 3.51. The third-order valence-corrected chi connectivity index (χ3v) is 5.05. The van der Waals surface area contributed by atoms with E-state index in [4.69, 9.17) is 0 Å². The predicted molar refractivity (Wildman–Crippen MR) is 99.5 cm³/mol. The van der Waals surface area contributed by atoms with Crippen LogP contribution in [0, 0.1) is 6.92 Å². The number of hydrogen-bond donors (Lipinski definition) is 2. The highest BCUT2D eigenvalue weighted by molar-refractivity contribution is 9.10. The van der Waals surface area contributed by atoms with Gasteiger partial charge < -0.3 is 10.6 Å². The Bertz CT molecular complexity index is 697. The molecule has 0 spiro atoms. The summed E-state index contributed by atoms with van der Waals surface area (Å²) in [6, 6.07) is 8.67. The monoisotopic (exact) mass is 374 g/mol. The Morgan fingerprint density at radius 3 is 2.70 bits per heavy atom. The molecule has 0 unspecified atom stereocenters. The van der Waals surface area contributed by atoms with Crippen molar-refractivity contribution in [1.82, 2.24) is 9.97 Å². The minimum absolute atomic E-state index is 0.368. The van der Waals surface area contributed by atoms with Crippen LogP contribution < -0.4 is 10.6 Å². The number of rotatable bonds is 6. The molecule has 0 amide bonds. The van der Waals surface area contributed by atoms with Gasteiger partial charge in [0.15, 0.2) is 0 Å². The molecule has 1 fully saturated rings. The average Bonchev–Trinajstić information content (AvgIpc) is 3.35. The second-order valence-corrected chi connectivity index (χ2v) is 7.17. The fraction of sp³-hybridized carbons (Fsp3) is 0.444. The Morgan fingerprint density at radius 2 is 2.04 bits per heavy atom. The van der Waals surface area contributed by atoms with Crippen molar-refractivity contribution in [2.24, 2.45) is 0 Å². The van der Waals surface area contributed by atoms with Gasteiger partial charge in [-0.3, -0.25) is 0 Å². The fourth-order valence-electron chi connectivity index (χ4n) is 2.38. The first-order valence-corrected chi connectivity index (χ1v) is 9.03. The largest absolute Gasteiger partial charge is 0.352 e. The Morgan fingerprint density at radius 1 is 1.26 bits per heavy atom. The maximum Gasteiger partial charge on any atom is 0.225 e. The Labute approximate surface area is 146 Å². The molecule has 1 aliphatic carbocycles. The average molecular weight is 375 g/mol. The summed E-state index contributed by atoms with van der Waals surface area (Å²) in [5, 5.41) is 6.81. The molecular weight excluding hydrogens is 352 g/mol. The van der Waals surface area contributed by atoms with Crippen molar-refractivity contribution >= 4 is 33.4 Å². The normalized spacial score (nSPS) is 15.3. The van der Waals surface area contributed by atoms with Crippen molar-refractivity contribution in [3.8, 4) is 0 Å². The zero-order valence-electron chi connectivity index (χ0n) is 13.9. The van der Waals surface area contributed by atoms with E-state index in [-0.39, 0.29) is 0 Å². The van der Waals surface area contributed by atoms with Crippen molar-refractivity contribution in [3.63, 3.8) is 0 Å². The predicted octanol–water partition coefficient (Wildman–Crippen LogP) is 5.38. The van der Waals surface area contributed by atoms with Gasteiger partial charge in [-0.05, 0) is 56.9 Å². The van der Waals surface area contributed by atoms with Gasteiger partial charge in [0.25, 0.3) is 0 Å². The second kappa shape index (κ2) is 6.87. The maximum absolute atomic E-state index is 4.69. The summed E-state index contributed by atoms with van der Waals surface area (Å²) in [5.41, 5.74) is 3.38. The van der Waals surface area contributed by atoms with Crippen LogP contribution in [0.1, 0.15) is 50.3 Å². The molecule has 0 aliphatic heterocycles. The fourth-order valence-corrected chi connectivity index (χ4v) is 2.62. The molecular formula is C18H23BrN4. The summed E-state index contributed by atoms with van der Waals surface area (Å²) in [5.74, 6) is 2.18. The van der Waals surface area contributed by atoms with E-state index in [1.165, 1.54) is 18.4 Å². The zero-order valence-corrected chi connectivity index (χ0v) is 15.4. The van der Waals surface area contributed by atoms with Crippen molar-refractivity contribution in [2.75, 3.05) is 10.6 Å². The number of nitrogens with zero attached hydrogens (tertiary/aromatic N) is 2. The lowest BCUT2D eigenvalue weighted by Crippen LogP contribution is -2.16. The van der Waals surface area contributed by atoms with Gasteiger partial charge in [-0.1, -0.05) is 22.9 Å². The van der Waals surface area contributed by atoms with Crippen LogP contribution in [0.25, 0.3) is 0 Å². The van der Waals surface area contributed by atoms with E-state index in [1.54, 1.807) is 0 Å². The lowest BCUT2D eigenvalue weighted by atomic mass is 10.2. The third-order valence-electron chi connectivity index (χ3n) is 4.16. The maximum atomic E-state index is 4.69. The Kier molecular flexibility index (Phi) is 4.85. The summed E-state index contributed by atoms with van der Waals surface area (Å²) in [7, 11) is 0. The number of hydrogen-bond acceptors (Lipinski definition) is 4. The minimum Gasteiger partial charge on any atom is -0.352 e. The van der Waals surface area contributed by atoms with Gasteiger partial charge in [0, 0.05) is 28.2 Å². The van der Waals surface area contributed by atoms with E-state index < -0.39 is 0 Å².